The first-order valence-electron chi connectivity index (χ1n) is 6.09. The molecule has 0 bridgehead atoms. The quantitative estimate of drug-likeness (QED) is 0.605. The zero-order chi connectivity index (χ0) is 14.9. The maximum Gasteiger partial charge on any atom is 0.408 e. The van der Waals surface area contributed by atoms with Gasteiger partial charge in [0.25, 0.3) is 0 Å². The number of hydrogen-bond acceptors (Lipinski definition) is 4. The average Bonchev–Trinajstić information content (AvgIpc) is 2.92. The summed E-state index contributed by atoms with van der Waals surface area (Å²) in [5, 5.41) is 19.1. The molecule has 0 saturated carbocycles. The van der Waals surface area contributed by atoms with Crippen molar-refractivity contribution in [1.29, 1.82) is 0 Å². The van der Waals surface area contributed by atoms with Gasteiger partial charge in [0.15, 0.2) is 5.02 Å². The van der Waals surface area contributed by atoms with Crippen molar-refractivity contribution in [2.75, 3.05) is 0 Å². The summed E-state index contributed by atoms with van der Waals surface area (Å²) >= 11 is 9.32. The van der Waals surface area contributed by atoms with Gasteiger partial charge in [0.05, 0.1) is 27.2 Å². The number of aryl methyl sites for hydroxylation is 2. The molecule has 7 nitrogen and oxygen atoms in total. The second-order valence-corrected chi connectivity index (χ2v) is 5.33. The molecule has 0 aliphatic carbocycles. The highest BCUT2D eigenvalue weighted by Gasteiger charge is 2.21. The van der Waals surface area contributed by atoms with E-state index in [0.29, 0.717) is 13.1 Å². The lowest BCUT2D eigenvalue weighted by molar-refractivity contribution is -0.389. The van der Waals surface area contributed by atoms with Crippen LogP contribution >= 0.6 is 27.5 Å². The van der Waals surface area contributed by atoms with Crippen molar-refractivity contribution in [2.45, 2.75) is 33.4 Å². The molecular formula is C11H13BrClN5O2. The van der Waals surface area contributed by atoms with Gasteiger partial charge in [0.1, 0.15) is 6.54 Å². The van der Waals surface area contributed by atoms with E-state index in [0.717, 1.165) is 22.3 Å². The number of nitrogens with zero attached hydrogens (tertiary/aromatic N) is 5. The summed E-state index contributed by atoms with van der Waals surface area (Å²) in [6, 6.07) is 0. The zero-order valence-corrected chi connectivity index (χ0v) is 13.3. The molecule has 2 rings (SSSR count). The van der Waals surface area contributed by atoms with E-state index < -0.39 is 4.92 Å². The molecule has 0 radical (unpaired) electrons. The van der Waals surface area contributed by atoms with Gasteiger partial charge in [-0.25, -0.2) is 0 Å². The maximum absolute atomic E-state index is 10.7. The SMILES string of the molecule is CCc1nn(CC)c(Cn2cc(Cl)c([N+](=O)[O-])n2)c1Br. The van der Waals surface area contributed by atoms with Crippen molar-refractivity contribution in [3.8, 4) is 0 Å². The minimum atomic E-state index is -0.595. The minimum absolute atomic E-state index is 0.0319. The van der Waals surface area contributed by atoms with Crippen molar-refractivity contribution in [3.05, 3.63) is 37.2 Å². The Labute approximate surface area is 128 Å². The number of hydrogen-bond donors (Lipinski definition) is 0. The lowest BCUT2D eigenvalue weighted by Crippen LogP contribution is -2.09. The third-order valence-corrected chi connectivity index (χ3v) is 4.06. The van der Waals surface area contributed by atoms with E-state index in [1.54, 1.807) is 0 Å². The summed E-state index contributed by atoms with van der Waals surface area (Å²) in [6.07, 6.45) is 2.26. The van der Waals surface area contributed by atoms with Crippen LogP contribution in [0.1, 0.15) is 25.2 Å². The van der Waals surface area contributed by atoms with Crippen molar-refractivity contribution in [3.63, 3.8) is 0 Å². The Kier molecular flexibility index (Phi) is 4.44. The van der Waals surface area contributed by atoms with Gasteiger partial charge >= 0.3 is 5.82 Å². The maximum atomic E-state index is 10.7. The fourth-order valence-electron chi connectivity index (χ4n) is 1.91. The van der Waals surface area contributed by atoms with Crippen molar-refractivity contribution in [2.24, 2.45) is 0 Å². The Bertz CT molecular complexity index is 652. The van der Waals surface area contributed by atoms with E-state index in [-0.39, 0.29) is 10.8 Å². The first-order chi connectivity index (χ1) is 9.47. The van der Waals surface area contributed by atoms with Crippen LogP contribution in [-0.4, -0.2) is 24.5 Å². The molecular weight excluding hydrogens is 350 g/mol. The normalized spacial score (nSPS) is 11.0. The van der Waals surface area contributed by atoms with Crippen LogP contribution in [0.25, 0.3) is 0 Å². The molecule has 0 aliphatic heterocycles. The molecule has 9 heteroatoms. The standard InChI is InChI=1S/C11H13BrClN5O2/c1-3-8-10(12)9(17(4-2)14-8)6-16-5-7(13)11(15-16)18(19)20/h5H,3-4,6H2,1-2H3. The van der Waals surface area contributed by atoms with Crippen LogP contribution in [-0.2, 0) is 19.5 Å². The van der Waals surface area contributed by atoms with Crippen molar-refractivity contribution < 1.29 is 4.92 Å². The molecule has 0 unspecified atom stereocenters. The Morgan fingerprint density at radius 3 is 2.65 bits per heavy atom. The first-order valence-corrected chi connectivity index (χ1v) is 7.26. The smallest absolute Gasteiger partial charge is 0.358 e. The highest BCUT2D eigenvalue weighted by Crippen LogP contribution is 2.25. The third-order valence-electron chi connectivity index (χ3n) is 2.88. The summed E-state index contributed by atoms with van der Waals surface area (Å²) in [6.45, 7) is 5.09. The largest absolute Gasteiger partial charge is 0.408 e. The van der Waals surface area contributed by atoms with Gasteiger partial charge in [0, 0.05) is 6.54 Å². The van der Waals surface area contributed by atoms with Crippen molar-refractivity contribution >= 4 is 33.3 Å². The predicted molar refractivity (Wildman–Crippen MR) is 78.0 cm³/mol. The average molecular weight is 363 g/mol. The van der Waals surface area contributed by atoms with E-state index in [2.05, 4.69) is 26.1 Å². The van der Waals surface area contributed by atoms with Gasteiger partial charge in [-0.3, -0.25) is 4.68 Å². The molecule has 2 aromatic rings. The van der Waals surface area contributed by atoms with E-state index in [1.807, 2.05) is 18.5 Å². The summed E-state index contributed by atoms with van der Waals surface area (Å²) in [5.41, 5.74) is 1.87. The number of nitro groups is 1. The van der Waals surface area contributed by atoms with Gasteiger partial charge in [-0.15, -0.1) is 0 Å². The van der Waals surface area contributed by atoms with E-state index >= 15 is 0 Å². The predicted octanol–water partition coefficient (Wildman–Crippen LogP) is 3.03. The highest BCUT2D eigenvalue weighted by molar-refractivity contribution is 9.10. The summed E-state index contributed by atoms with van der Waals surface area (Å²) in [7, 11) is 0. The van der Waals surface area contributed by atoms with E-state index in [9.17, 15) is 10.1 Å². The molecule has 0 spiro atoms. The fraction of sp³-hybridized carbons (Fsp3) is 0.455. The van der Waals surface area contributed by atoms with Crippen molar-refractivity contribution in [1.82, 2.24) is 19.6 Å². The molecule has 20 heavy (non-hydrogen) atoms. The van der Waals surface area contributed by atoms with Crippen LogP contribution in [0.15, 0.2) is 10.7 Å². The van der Waals surface area contributed by atoms with Crippen LogP contribution < -0.4 is 0 Å². The Morgan fingerprint density at radius 1 is 1.45 bits per heavy atom. The van der Waals surface area contributed by atoms with Crippen LogP contribution in [0.3, 0.4) is 0 Å². The molecule has 0 aromatic carbocycles. The lowest BCUT2D eigenvalue weighted by atomic mass is 10.3. The Morgan fingerprint density at radius 2 is 2.15 bits per heavy atom. The third kappa shape index (κ3) is 2.71. The number of aromatic nitrogens is 4. The Balaban J connectivity index is 2.37. The summed E-state index contributed by atoms with van der Waals surface area (Å²) in [5.74, 6) is -0.332. The monoisotopic (exact) mass is 361 g/mol. The van der Waals surface area contributed by atoms with Crippen LogP contribution in [0.2, 0.25) is 5.02 Å². The molecule has 0 fully saturated rings. The molecule has 0 amide bonds. The van der Waals surface area contributed by atoms with E-state index in [4.69, 9.17) is 11.6 Å². The molecule has 0 atom stereocenters. The molecule has 108 valence electrons. The van der Waals surface area contributed by atoms with Gasteiger partial charge in [0.2, 0.25) is 0 Å². The first kappa shape index (κ1) is 15.0. The zero-order valence-electron chi connectivity index (χ0n) is 11.0. The topological polar surface area (TPSA) is 78.8 Å². The van der Waals surface area contributed by atoms with Gasteiger partial charge in [-0.05, 0) is 34.2 Å². The van der Waals surface area contributed by atoms with Crippen LogP contribution in [0, 0.1) is 10.1 Å². The molecule has 0 N–H and O–H groups in total. The lowest BCUT2D eigenvalue weighted by Gasteiger charge is -2.03. The molecule has 0 aliphatic rings. The summed E-state index contributed by atoms with van der Waals surface area (Å²) in [4.78, 5) is 10.2. The molecule has 0 saturated heterocycles. The summed E-state index contributed by atoms with van der Waals surface area (Å²) < 4.78 is 4.22. The van der Waals surface area contributed by atoms with Gasteiger partial charge < -0.3 is 10.1 Å². The van der Waals surface area contributed by atoms with Crippen LogP contribution in [0.4, 0.5) is 5.82 Å². The number of halogens is 2. The van der Waals surface area contributed by atoms with Crippen LogP contribution in [0.5, 0.6) is 0 Å². The Hall–Kier alpha value is -1.41. The minimum Gasteiger partial charge on any atom is -0.358 e. The van der Waals surface area contributed by atoms with E-state index in [1.165, 1.54) is 10.9 Å². The van der Waals surface area contributed by atoms with Gasteiger partial charge in [-0.2, -0.15) is 9.78 Å². The fourth-order valence-corrected chi connectivity index (χ4v) is 2.82. The van der Waals surface area contributed by atoms with Gasteiger partial charge in [-0.1, -0.05) is 18.5 Å². The number of rotatable bonds is 5. The second-order valence-electron chi connectivity index (χ2n) is 4.13. The molecule has 2 heterocycles. The molecule has 2 aromatic heterocycles. The highest BCUT2D eigenvalue weighted by atomic mass is 79.9. The second kappa shape index (κ2) is 5.92.